The fourth-order valence-corrected chi connectivity index (χ4v) is 5.10. The predicted octanol–water partition coefficient (Wildman–Crippen LogP) is 2.99. The summed E-state index contributed by atoms with van der Waals surface area (Å²) in [4.78, 5) is 31.9. The summed E-state index contributed by atoms with van der Waals surface area (Å²) in [7, 11) is 0. The van der Waals surface area contributed by atoms with E-state index in [1.807, 2.05) is 17.0 Å². The van der Waals surface area contributed by atoms with Gasteiger partial charge in [0, 0.05) is 23.2 Å². The number of Topliss-reactive ketones (excluding diaryl/α,β-unsaturated/α-hetero) is 1. The molecule has 1 aliphatic heterocycles. The summed E-state index contributed by atoms with van der Waals surface area (Å²) in [6.07, 6.45) is 4.90. The maximum absolute atomic E-state index is 13.1. The Labute approximate surface area is 173 Å². The third-order valence-electron chi connectivity index (χ3n) is 5.55. The summed E-state index contributed by atoms with van der Waals surface area (Å²) in [5.74, 6) is -0.0968. The zero-order chi connectivity index (χ0) is 18.3. The number of likely N-dealkylation sites (tertiary alicyclic amines) is 1. The zero-order valence-corrected chi connectivity index (χ0v) is 17.3. The van der Waals surface area contributed by atoms with Gasteiger partial charge in [0.2, 0.25) is 5.91 Å². The Hall–Kier alpha value is -1.41. The molecule has 1 aliphatic carbocycles. The van der Waals surface area contributed by atoms with Gasteiger partial charge in [0.05, 0.1) is 12.0 Å². The number of hydrogen-bond acceptors (Lipinski definition) is 5. The second-order valence-electron chi connectivity index (χ2n) is 7.08. The van der Waals surface area contributed by atoms with Crippen molar-refractivity contribution in [1.29, 1.82) is 0 Å². The molecule has 2 aromatic rings. The van der Waals surface area contributed by atoms with Gasteiger partial charge in [0.1, 0.15) is 6.61 Å². The maximum Gasteiger partial charge on any atom is 0.229 e. The van der Waals surface area contributed by atoms with Crippen LogP contribution in [-0.2, 0) is 24.2 Å². The van der Waals surface area contributed by atoms with Crippen molar-refractivity contribution in [3.8, 4) is 0 Å². The minimum Gasteiger partial charge on any atom is -0.388 e. The molecule has 1 atom stereocenters. The van der Waals surface area contributed by atoms with Crippen molar-refractivity contribution in [2.24, 2.45) is 5.41 Å². The second kappa shape index (κ2) is 7.91. The van der Waals surface area contributed by atoms with Gasteiger partial charge in [-0.3, -0.25) is 9.59 Å². The number of carbonyl (C=O) groups is 2. The van der Waals surface area contributed by atoms with Gasteiger partial charge >= 0.3 is 0 Å². The number of thiazole rings is 1. The van der Waals surface area contributed by atoms with Gasteiger partial charge in [0.15, 0.2) is 10.3 Å². The number of carbonyl (C=O) groups excluding carboxylic acids is 2. The lowest BCUT2D eigenvalue weighted by molar-refractivity contribution is -0.137. The largest absolute Gasteiger partial charge is 0.388 e. The van der Waals surface area contributed by atoms with Crippen molar-refractivity contribution in [2.45, 2.75) is 32.2 Å². The van der Waals surface area contributed by atoms with Crippen LogP contribution in [0, 0.1) is 5.41 Å². The van der Waals surface area contributed by atoms with Crippen LogP contribution in [0.1, 0.15) is 39.2 Å². The van der Waals surface area contributed by atoms with E-state index in [-0.39, 0.29) is 30.6 Å². The Morgan fingerprint density at radius 2 is 2.15 bits per heavy atom. The summed E-state index contributed by atoms with van der Waals surface area (Å²) >= 11 is 7.30. The summed E-state index contributed by atoms with van der Waals surface area (Å²) in [5.41, 5.74) is 2.41. The van der Waals surface area contributed by atoms with E-state index in [1.54, 1.807) is 12.3 Å². The Balaban J connectivity index is 0.00000210. The number of aromatic nitrogens is 1. The molecule has 8 heteroatoms. The van der Waals surface area contributed by atoms with Crippen LogP contribution in [0.2, 0.25) is 4.47 Å². The van der Waals surface area contributed by atoms with E-state index in [0.717, 1.165) is 36.2 Å². The van der Waals surface area contributed by atoms with Crippen LogP contribution in [0.15, 0.2) is 24.4 Å². The molecule has 1 saturated heterocycles. The quantitative estimate of drug-likeness (QED) is 0.766. The Morgan fingerprint density at radius 3 is 2.85 bits per heavy atom. The predicted molar refractivity (Wildman–Crippen MR) is 110 cm³/mol. The molecule has 0 bridgehead atoms. The van der Waals surface area contributed by atoms with E-state index in [4.69, 9.17) is 16.7 Å². The lowest BCUT2D eigenvalue weighted by Gasteiger charge is -2.33. The minimum atomic E-state index is -0.492. The topological polar surface area (TPSA) is 70.5 Å². The Morgan fingerprint density at radius 1 is 1.33 bits per heavy atom. The van der Waals surface area contributed by atoms with Crippen LogP contribution < -0.4 is 0 Å². The molecule has 2 heterocycles. The third kappa shape index (κ3) is 3.78. The average molecular weight is 425 g/mol. The highest BCUT2D eigenvalue weighted by atomic mass is 35.5. The molecular weight excluding hydrogens is 404 g/mol. The first-order valence-corrected chi connectivity index (χ1v) is 9.86. The number of nitrogens with zero attached hydrogens (tertiary/aromatic N) is 2. The molecule has 1 N–H and O–H groups in total. The van der Waals surface area contributed by atoms with Crippen molar-refractivity contribution >= 4 is 48.1 Å². The van der Waals surface area contributed by atoms with Gasteiger partial charge < -0.3 is 10.0 Å². The number of amides is 1. The van der Waals surface area contributed by atoms with Crippen LogP contribution >= 0.6 is 36.4 Å². The number of ketones is 1. The molecule has 5 nitrogen and oxygen atoms in total. The van der Waals surface area contributed by atoms with E-state index in [9.17, 15) is 9.59 Å². The third-order valence-corrected chi connectivity index (χ3v) is 6.65. The van der Waals surface area contributed by atoms with Gasteiger partial charge in [-0.25, -0.2) is 4.98 Å². The SMILES string of the molecule is O=C(CO)c1ccc2c(c1)C[C@@]1(CC2)CCN(Cc2cnc(Cl)s2)C1=O.S. The van der Waals surface area contributed by atoms with Crippen molar-refractivity contribution in [2.75, 3.05) is 13.2 Å². The maximum atomic E-state index is 13.1. The van der Waals surface area contributed by atoms with Crippen molar-refractivity contribution < 1.29 is 14.7 Å². The molecule has 0 unspecified atom stereocenters. The molecule has 0 saturated carbocycles. The average Bonchev–Trinajstić information content (AvgIpc) is 3.19. The summed E-state index contributed by atoms with van der Waals surface area (Å²) in [6.45, 7) is 0.799. The fourth-order valence-electron chi connectivity index (χ4n) is 4.11. The number of rotatable bonds is 4. The second-order valence-corrected chi connectivity index (χ2v) is 8.78. The normalized spacial score (nSPS) is 21.3. The standard InChI is InChI=1S/C19H19ClN2O3S.H2S/c20-18-21-9-15(26-18)10-22-6-5-19(17(22)25)4-3-12-1-2-13(16(24)11-23)7-14(12)8-19;/h1-2,7,9,23H,3-6,8,10-11H2;1H2/t19-;/m1./s1. The fraction of sp³-hybridized carbons (Fsp3) is 0.421. The van der Waals surface area contributed by atoms with E-state index in [1.165, 1.54) is 16.9 Å². The lowest BCUT2D eigenvalue weighted by Crippen LogP contribution is -2.38. The minimum absolute atomic E-state index is 0. The molecule has 1 aromatic heterocycles. The lowest BCUT2D eigenvalue weighted by atomic mass is 9.70. The van der Waals surface area contributed by atoms with E-state index in [0.29, 0.717) is 23.0 Å². The molecule has 1 aromatic carbocycles. The van der Waals surface area contributed by atoms with E-state index >= 15 is 0 Å². The van der Waals surface area contributed by atoms with E-state index < -0.39 is 6.61 Å². The highest BCUT2D eigenvalue weighted by molar-refractivity contribution is 7.59. The van der Waals surface area contributed by atoms with Crippen LogP contribution in [-0.4, -0.2) is 39.8 Å². The number of fused-ring (bicyclic) bond motifs is 1. The first-order chi connectivity index (χ1) is 12.5. The molecular formula is C19H21ClN2O3S2. The number of benzene rings is 1. The number of hydrogen-bond donors (Lipinski definition) is 1. The number of aryl methyl sites for hydroxylation is 1. The highest BCUT2D eigenvalue weighted by Gasteiger charge is 2.48. The van der Waals surface area contributed by atoms with Crippen LogP contribution in [0.5, 0.6) is 0 Å². The zero-order valence-electron chi connectivity index (χ0n) is 14.7. The monoisotopic (exact) mass is 424 g/mol. The van der Waals surface area contributed by atoms with Crippen LogP contribution in [0.4, 0.5) is 0 Å². The molecule has 144 valence electrons. The molecule has 1 spiro atoms. The summed E-state index contributed by atoms with van der Waals surface area (Å²) < 4.78 is 0.494. The van der Waals surface area contributed by atoms with Gasteiger partial charge in [-0.05, 0) is 42.9 Å². The van der Waals surface area contributed by atoms with Gasteiger partial charge in [0.25, 0.3) is 0 Å². The van der Waals surface area contributed by atoms with E-state index in [2.05, 4.69) is 4.98 Å². The summed E-state index contributed by atoms with van der Waals surface area (Å²) in [5, 5.41) is 9.09. The van der Waals surface area contributed by atoms with Crippen molar-refractivity contribution in [3.63, 3.8) is 0 Å². The molecule has 1 fully saturated rings. The van der Waals surface area contributed by atoms with Gasteiger partial charge in [-0.1, -0.05) is 23.7 Å². The Kier molecular flexibility index (Phi) is 5.96. The highest BCUT2D eigenvalue weighted by Crippen LogP contribution is 2.44. The molecule has 4 rings (SSSR count). The summed E-state index contributed by atoms with van der Waals surface area (Å²) in [6, 6.07) is 5.58. The molecule has 2 aliphatic rings. The van der Waals surface area contributed by atoms with Gasteiger partial charge in [-0.15, -0.1) is 11.3 Å². The van der Waals surface area contributed by atoms with Crippen molar-refractivity contribution in [1.82, 2.24) is 9.88 Å². The first-order valence-electron chi connectivity index (χ1n) is 8.66. The number of halogens is 1. The Bertz CT molecular complexity index is 886. The van der Waals surface area contributed by atoms with Gasteiger partial charge in [-0.2, -0.15) is 13.5 Å². The number of aliphatic hydroxyl groups is 1. The van der Waals surface area contributed by atoms with Crippen molar-refractivity contribution in [3.05, 3.63) is 50.4 Å². The number of aliphatic hydroxyl groups excluding tert-OH is 1. The molecule has 0 radical (unpaired) electrons. The first kappa shape index (κ1) is 20.3. The molecule has 1 amide bonds. The smallest absolute Gasteiger partial charge is 0.229 e. The molecule has 27 heavy (non-hydrogen) atoms. The van der Waals surface area contributed by atoms with Crippen LogP contribution in [0.3, 0.4) is 0 Å². The van der Waals surface area contributed by atoms with Crippen LogP contribution in [0.25, 0.3) is 0 Å².